The maximum Gasteiger partial charge on any atom is 0.387 e. The van der Waals surface area contributed by atoms with Crippen LogP contribution in [0.4, 0.5) is 8.78 Å². The maximum atomic E-state index is 11.8. The minimum absolute atomic E-state index is 0.124. The van der Waals surface area contributed by atoms with Gasteiger partial charge in [-0.05, 0) is 23.8 Å². The van der Waals surface area contributed by atoms with E-state index in [1.54, 1.807) is 6.07 Å². The zero-order valence-electron chi connectivity index (χ0n) is 6.64. The van der Waals surface area contributed by atoms with Gasteiger partial charge in [0, 0.05) is 11.0 Å². The van der Waals surface area contributed by atoms with Gasteiger partial charge in [0.25, 0.3) is 0 Å². The standard InChI is InChI=1S/C8H8BrF2NO/c9-7-2-1-6(13-8(10)11)3-5(7)4-12/h1-3,8H,4,12H2. The summed E-state index contributed by atoms with van der Waals surface area (Å²) in [7, 11) is 0. The molecule has 0 aliphatic carbocycles. The predicted molar refractivity (Wildman–Crippen MR) is 48.7 cm³/mol. The summed E-state index contributed by atoms with van der Waals surface area (Å²) in [5.74, 6) is 0.124. The minimum atomic E-state index is -2.80. The second kappa shape index (κ2) is 4.53. The van der Waals surface area contributed by atoms with Crippen LogP contribution in [0.3, 0.4) is 0 Å². The Hall–Kier alpha value is -0.680. The van der Waals surface area contributed by atoms with E-state index in [0.717, 1.165) is 10.0 Å². The van der Waals surface area contributed by atoms with Crippen molar-refractivity contribution in [2.75, 3.05) is 0 Å². The molecule has 5 heteroatoms. The van der Waals surface area contributed by atoms with E-state index in [2.05, 4.69) is 20.7 Å². The van der Waals surface area contributed by atoms with Crippen LogP contribution in [-0.2, 0) is 6.54 Å². The first-order valence-electron chi connectivity index (χ1n) is 3.57. The highest BCUT2D eigenvalue weighted by Gasteiger charge is 2.05. The number of ether oxygens (including phenoxy) is 1. The van der Waals surface area contributed by atoms with Crippen molar-refractivity contribution < 1.29 is 13.5 Å². The topological polar surface area (TPSA) is 35.2 Å². The molecule has 0 saturated carbocycles. The fourth-order valence-electron chi connectivity index (χ4n) is 0.884. The zero-order valence-corrected chi connectivity index (χ0v) is 8.22. The van der Waals surface area contributed by atoms with Crippen LogP contribution in [0, 0.1) is 0 Å². The molecule has 1 rings (SSSR count). The Kier molecular flexibility index (Phi) is 3.62. The molecule has 2 N–H and O–H groups in total. The molecule has 72 valence electrons. The molecule has 0 saturated heterocycles. The highest BCUT2D eigenvalue weighted by Crippen LogP contribution is 2.23. The van der Waals surface area contributed by atoms with E-state index in [-0.39, 0.29) is 12.3 Å². The molecule has 0 amide bonds. The lowest BCUT2D eigenvalue weighted by Gasteiger charge is -2.06. The molecule has 0 aliphatic rings. The van der Waals surface area contributed by atoms with Gasteiger partial charge in [0.2, 0.25) is 0 Å². The largest absolute Gasteiger partial charge is 0.435 e. The lowest BCUT2D eigenvalue weighted by atomic mass is 10.2. The van der Waals surface area contributed by atoms with Crippen molar-refractivity contribution in [3.63, 3.8) is 0 Å². The van der Waals surface area contributed by atoms with E-state index in [9.17, 15) is 8.78 Å². The van der Waals surface area contributed by atoms with Gasteiger partial charge in [0.15, 0.2) is 0 Å². The molecule has 0 spiro atoms. The third-order valence-corrected chi connectivity index (χ3v) is 2.24. The van der Waals surface area contributed by atoms with Gasteiger partial charge in [-0.1, -0.05) is 15.9 Å². The molecule has 1 aromatic rings. The number of halogens is 3. The van der Waals surface area contributed by atoms with Crippen LogP contribution in [0.1, 0.15) is 5.56 Å². The summed E-state index contributed by atoms with van der Waals surface area (Å²) in [5.41, 5.74) is 6.11. The van der Waals surface area contributed by atoms with E-state index in [0.29, 0.717) is 0 Å². The number of alkyl halides is 2. The predicted octanol–water partition coefficient (Wildman–Crippen LogP) is 2.51. The Morgan fingerprint density at radius 3 is 2.69 bits per heavy atom. The maximum absolute atomic E-state index is 11.8. The Bertz CT molecular complexity index is 293. The van der Waals surface area contributed by atoms with Gasteiger partial charge >= 0.3 is 6.61 Å². The molecule has 0 radical (unpaired) electrons. The third kappa shape index (κ3) is 2.93. The number of nitrogens with two attached hydrogens (primary N) is 1. The fourth-order valence-corrected chi connectivity index (χ4v) is 1.29. The summed E-state index contributed by atoms with van der Waals surface area (Å²) in [6.45, 7) is -2.52. The average Bonchev–Trinajstić information content (AvgIpc) is 2.07. The molecule has 2 nitrogen and oxygen atoms in total. The van der Waals surface area contributed by atoms with Crippen LogP contribution in [0.5, 0.6) is 5.75 Å². The van der Waals surface area contributed by atoms with E-state index >= 15 is 0 Å². The van der Waals surface area contributed by atoms with Crippen LogP contribution in [-0.4, -0.2) is 6.61 Å². The van der Waals surface area contributed by atoms with Crippen molar-refractivity contribution in [2.45, 2.75) is 13.2 Å². The average molecular weight is 252 g/mol. The van der Waals surface area contributed by atoms with Crippen LogP contribution in [0.2, 0.25) is 0 Å². The molecule has 0 unspecified atom stereocenters. The van der Waals surface area contributed by atoms with Gasteiger partial charge in [-0.25, -0.2) is 0 Å². The summed E-state index contributed by atoms with van der Waals surface area (Å²) in [5, 5.41) is 0. The minimum Gasteiger partial charge on any atom is -0.435 e. The molecule has 0 fully saturated rings. The Balaban J connectivity index is 2.86. The summed E-state index contributed by atoms with van der Waals surface area (Å²) < 4.78 is 28.6. The first-order valence-corrected chi connectivity index (χ1v) is 4.36. The van der Waals surface area contributed by atoms with Gasteiger partial charge in [-0.15, -0.1) is 0 Å². The zero-order chi connectivity index (χ0) is 9.84. The van der Waals surface area contributed by atoms with Crippen molar-refractivity contribution in [3.8, 4) is 5.75 Å². The van der Waals surface area contributed by atoms with Crippen LogP contribution in [0.15, 0.2) is 22.7 Å². The lowest BCUT2D eigenvalue weighted by Crippen LogP contribution is -2.03. The fraction of sp³-hybridized carbons (Fsp3) is 0.250. The SMILES string of the molecule is NCc1cc(OC(F)F)ccc1Br. The number of hydrogen-bond donors (Lipinski definition) is 1. The number of hydrogen-bond acceptors (Lipinski definition) is 2. The van der Waals surface area contributed by atoms with Crippen molar-refractivity contribution in [1.29, 1.82) is 0 Å². The van der Waals surface area contributed by atoms with E-state index in [4.69, 9.17) is 5.73 Å². The van der Waals surface area contributed by atoms with Gasteiger partial charge in [-0.3, -0.25) is 0 Å². The molecular weight excluding hydrogens is 244 g/mol. The normalized spacial score (nSPS) is 10.5. The molecule has 0 aliphatic heterocycles. The Morgan fingerprint density at radius 1 is 1.46 bits per heavy atom. The van der Waals surface area contributed by atoms with Crippen molar-refractivity contribution in [3.05, 3.63) is 28.2 Å². The monoisotopic (exact) mass is 251 g/mol. The van der Waals surface area contributed by atoms with Gasteiger partial charge in [0.1, 0.15) is 5.75 Å². The second-order valence-corrected chi connectivity index (χ2v) is 3.19. The first kappa shape index (κ1) is 10.4. The molecular formula is C8H8BrF2NO. The summed E-state index contributed by atoms with van der Waals surface area (Å²) in [4.78, 5) is 0. The van der Waals surface area contributed by atoms with E-state index in [1.165, 1.54) is 12.1 Å². The smallest absolute Gasteiger partial charge is 0.387 e. The highest BCUT2D eigenvalue weighted by atomic mass is 79.9. The summed E-state index contributed by atoms with van der Waals surface area (Å²) in [6, 6.07) is 4.56. The molecule has 13 heavy (non-hydrogen) atoms. The lowest BCUT2D eigenvalue weighted by molar-refractivity contribution is -0.0498. The van der Waals surface area contributed by atoms with Crippen LogP contribution in [0.25, 0.3) is 0 Å². The molecule has 0 atom stereocenters. The van der Waals surface area contributed by atoms with E-state index < -0.39 is 6.61 Å². The Morgan fingerprint density at radius 2 is 2.15 bits per heavy atom. The van der Waals surface area contributed by atoms with Crippen LogP contribution >= 0.6 is 15.9 Å². The van der Waals surface area contributed by atoms with E-state index in [1.807, 2.05) is 0 Å². The molecule has 0 bridgehead atoms. The first-order chi connectivity index (χ1) is 6.13. The third-order valence-electron chi connectivity index (χ3n) is 1.46. The quantitative estimate of drug-likeness (QED) is 0.896. The van der Waals surface area contributed by atoms with Crippen LogP contribution < -0.4 is 10.5 Å². The number of benzene rings is 1. The Labute approximate surface area is 82.8 Å². The van der Waals surface area contributed by atoms with Gasteiger partial charge in [-0.2, -0.15) is 8.78 Å². The highest BCUT2D eigenvalue weighted by molar-refractivity contribution is 9.10. The molecule has 1 aromatic carbocycles. The van der Waals surface area contributed by atoms with Crippen molar-refractivity contribution >= 4 is 15.9 Å². The number of rotatable bonds is 3. The van der Waals surface area contributed by atoms with Crippen molar-refractivity contribution in [2.24, 2.45) is 5.73 Å². The van der Waals surface area contributed by atoms with Gasteiger partial charge < -0.3 is 10.5 Å². The second-order valence-electron chi connectivity index (χ2n) is 2.34. The van der Waals surface area contributed by atoms with Crippen molar-refractivity contribution in [1.82, 2.24) is 0 Å². The molecule has 0 heterocycles. The summed E-state index contributed by atoms with van der Waals surface area (Å²) >= 11 is 3.23. The van der Waals surface area contributed by atoms with Gasteiger partial charge in [0.05, 0.1) is 0 Å². The summed E-state index contributed by atoms with van der Waals surface area (Å²) in [6.07, 6.45) is 0. The molecule has 0 aromatic heterocycles.